The molecule has 2 unspecified atom stereocenters. The van der Waals surface area contributed by atoms with Crippen LogP contribution < -0.4 is 10.6 Å². The first-order chi connectivity index (χ1) is 17.4. The summed E-state index contributed by atoms with van der Waals surface area (Å²) in [6.45, 7) is 4.60. The quantitative estimate of drug-likeness (QED) is 0.245. The van der Waals surface area contributed by atoms with Gasteiger partial charge in [0.15, 0.2) is 0 Å². The molecule has 3 aromatic carbocycles. The molecule has 5 nitrogen and oxygen atoms in total. The number of furan rings is 1. The van der Waals surface area contributed by atoms with E-state index in [1.165, 1.54) is 11.1 Å². The molecule has 1 amide bonds. The average molecular weight is 503 g/mol. The lowest BCUT2D eigenvalue weighted by molar-refractivity contribution is 0.0916. The number of aliphatic hydroxyl groups is 1. The minimum Gasteiger partial charge on any atom is -0.460 e. The number of benzene rings is 3. The van der Waals surface area contributed by atoms with Gasteiger partial charge in [0, 0.05) is 11.6 Å². The summed E-state index contributed by atoms with van der Waals surface area (Å²) in [5.74, 6) is 1.12. The highest BCUT2D eigenvalue weighted by Gasteiger charge is 2.18. The molecule has 0 aliphatic rings. The van der Waals surface area contributed by atoms with Gasteiger partial charge in [-0.3, -0.25) is 4.79 Å². The first-order valence-electron chi connectivity index (χ1n) is 12.1. The number of rotatable bonds is 10. The molecule has 6 heteroatoms. The average Bonchev–Trinajstić information content (AvgIpc) is 3.37. The number of halogens is 1. The predicted octanol–water partition coefficient (Wildman–Crippen LogP) is 6.09. The molecule has 186 valence electrons. The highest BCUT2D eigenvalue weighted by Crippen LogP contribution is 2.27. The van der Waals surface area contributed by atoms with E-state index in [1.54, 1.807) is 12.1 Å². The lowest BCUT2D eigenvalue weighted by Gasteiger charge is -2.17. The fourth-order valence-corrected chi connectivity index (χ4v) is 4.23. The Labute approximate surface area is 217 Å². The van der Waals surface area contributed by atoms with Crippen LogP contribution in [0.2, 0.25) is 5.02 Å². The number of aryl methyl sites for hydroxylation is 1. The van der Waals surface area contributed by atoms with Gasteiger partial charge in [0.2, 0.25) is 0 Å². The Morgan fingerprint density at radius 1 is 1.00 bits per heavy atom. The normalized spacial score (nSPS) is 12.8. The van der Waals surface area contributed by atoms with E-state index in [0.29, 0.717) is 29.3 Å². The van der Waals surface area contributed by atoms with Crippen molar-refractivity contribution in [3.63, 3.8) is 0 Å². The van der Waals surface area contributed by atoms with Crippen LogP contribution in [0.25, 0.3) is 11.3 Å². The zero-order valence-electron chi connectivity index (χ0n) is 20.5. The predicted molar refractivity (Wildman–Crippen MR) is 144 cm³/mol. The fourth-order valence-electron chi connectivity index (χ4n) is 4.03. The van der Waals surface area contributed by atoms with E-state index in [-0.39, 0.29) is 18.6 Å². The molecule has 0 aliphatic carbocycles. The van der Waals surface area contributed by atoms with Gasteiger partial charge < -0.3 is 20.2 Å². The molecule has 36 heavy (non-hydrogen) atoms. The molecule has 0 fully saturated rings. The number of hydrogen-bond acceptors (Lipinski definition) is 4. The van der Waals surface area contributed by atoms with Crippen LogP contribution in [-0.2, 0) is 13.0 Å². The summed E-state index contributed by atoms with van der Waals surface area (Å²) in [6, 6.07) is 27.0. The van der Waals surface area contributed by atoms with Crippen molar-refractivity contribution in [3.8, 4) is 11.3 Å². The van der Waals surface area contributed by atoms with Crippen LogP contribution in [0, 0.1) is 6.92 Å². The molecule has 0 saturated heterocycles. The smallest absolute Gasteiger partial charge is 0.253 e. The second kappa shape index (κ2) is 12.0. The Bertz CT molecular complexity index is 1290. The topological polar surface area (TPSA) is 74.5 Å². The van der Waals surface area contributed by atoms with Crippen LogP contribution in [0.15, 0.2) is 89.3 Å². The van der Waals surface area contributed by atoms with Gasteiger partial charge in [-0.25, -0.2) is 0 Å². The molecule has 4 aromatic rings. The standard InChI is InChI=1S/C30H31ClN2O3/c1-20-8-10-23(11-9-20)21(2)32-18-26-13-15-29(36-26)24-12-14-28(31)27(17-24)30(35)33-25(19-34)16-22-6-4-3-5-7-22/h3-15,17,21,25,32,34H,16,18-19H2,1-2H3,(H,33,35). The molecule has 1 heterocycles. The molecule has 0 bridgehead atoms. The Morgan fingerprint density at radius 3 is 2.47 bits per heavy atom. The maximum atomic E-state index is 13.0. The number of nitrogens with one attached hydrogen (secondary N) is 2. The van der Waals surface area contributed by atoms with Crippen LogP contribution in [0.1, 0.15) is 45.8 Å². The number of carbonyl (C=O) groups excluding carboxylic acids is 1. The Morgan fingerprint density at radius 2 is 1.75 bits per heavy atom. The summed E-state index contributed by atoms with van der Waals surface area (Å²) in [6.07, 6.45) is 0.524. The third kappa shape index (κ3) is 6.64. The van der Waals surface area contributed by atoms with Crippen LogP contribution in [0.5, 0.6) is 0 Å². The highest BCUT2D eigenvalue weighted by atomic mass is 35.5. The zero-order chi connectivity index (χ0) is 25.5. The van der Waals surface area contributed by atoms with E-state index in [0.717, 1.165) is 16.9 Å². The van der Waals surface area contributed by atoms with Gasteiger partial charge in [-0.15, -0.1) is 0 Å². The number of amides is 1. The second-order valence-electron chi connectivity index (χ2n) is 9.02. The van der Waals surface area contributed by atoms with E-state index in [2.05, 4.69) is 48.7 Å². The molecule has 4 rings (SSSR count). The fraction of sp³-hybridized carbons (Fsp3) is 0.233. The van der Waals surface area contributed by atoms with Crippen molar-refractivity contribution in [1.29, 1.82) is 0 Å². The van der Waals surface area contributed by atoms with Gasteiger partial charge in [-0.2, -0.15) is 0 Å². The van der Waals surface area contributed by atoms with Crippen molar-refractivity contribution in [2.75, 3.05) is 6.61 Å². The molecule has 0 aliphatic heterocycles. The summed E-state index contributed by atoms with van der Waals surface area (Å²) in [5.41, 5.74) is 4.58. The second-order valence-corrected chi connectivity index (χ2v) is 9.42. The van der Waals surface area contributed by atoms with E-state index in [4.69, 9.17) is 16.0 Å². The van der Waals surface area contributed by atoms with E-state index < -0.39 is 6.04 Å². The molecular formula is C30H31ClN2O3. The van der Waals surface area contributed by atoms with Crippen molar-refractivity contribution in [1.82, 2.24) is 10.6 Å². The Balaban J connectivity index is 1.41. The number of aliphatic hydroxyl groups excluding tert-OH is 1. The van der Waals surface area contributed by atoms with E-state index >= 15 is 0 Å². The molecule has 0 saturated carbocycles. The molecule has 0 radical (unpaired) electrons. The maximum absolute atomic E-state index is 13.0. The largest absolute Gasteiger partial charge is 0.460 e. The molecule has 2 atom stereocenters. The van der Waals surface area contributed by atoms with Crippen molar-refractivity contribution in [2.24, 2.45) is 0 Å². The van der Waals surface area contributed by atoms with Gasteiger partial charge in [0.25, 0.3) is 5.91 Å². The Kier molecular flexibility index (Phi) is 8.60. The van der Waals surface area contributed by atoms with Crippen LogP contribution in [0.3, 0.4) is 0 Å². The van der Waals surface area contributed by atoms with Gasteiger partial charge in [0.05, 0.1) is 29.8 Å². The van der Waals surface area contributed by atoms with Crippen molar-refractivity contribution in [3.05, 3.63) is 118 Å². The zero-order valence-corrected chi connectivity index (χ0v) is 21.3. The van der Waals surface area contributed by atoms with Crippen LogP contribution in [-0.4, -0.2) is 23.7 Å². The van der Waals surface area contributed by atoms with Gasteiger partial charge >= 0.3 is 0 Å². The third-order valence-electron chi connectivity index (χ3n) is 6.20. The van der Waals surface area contributed by atoms with Gasteiger partial charge in [0.1, 0.15) is 11.5 Å². The SMILES string of the molecule is Cc1ccc(C(C)NCc2ccc(-c3ccc(Cl)c(C(=O)NC(CO)Cc4ccccc4)c3)o2)cc1. The molecule has 0 spiro atoms. The van der Waals surface area contributed by atoms with Gasteiger partial charge in [-0.1, -0.05) is 71.8 Å². The minimum atomic E-state index is -0.420. The summed E-state index contributed by atoms with van der Waals surface area (Å²) >= 11 is 6.36. The molecule has 1 aromatic heterocycles. The third-order valence-corrected chi connectivity index (χ3v) is 6.53. The first kappa shape index (κ1) is 25.7. The molecular weight excluding hydrogens is 472 g/mol. The lowest BCUT2D eigenvalue weighted by Crippen LogP contribution is -2.39. The van der Waals surface area contributed by atoms with Crippen molar-refractivity contribution in [2.45, 2.75) is 38.9 Å². The summed E-state index contributed by atoms with van der Waals surface area (Å²) < 4.78 is 6.05. The van der Waals surface area contributed by atoms with E-state index in [1.807, 2.05) is 48.5 Å². The summed E-state index contributed by atoms with van der Waals surface area (Å²) in [5, 5.41) is 16.5. The molecule has 3 N–H and O–H groups in total. The van der Waals surface area contributed by atoms with Crippen molar-refractivity contribution >= 4 is 17.5 Å². The number of hydrogen-bond donors (Lipinski definition) is 3. The summed E-state index contributed by atoms with van der Waals surface area (Å²) in [4.78, 5) is 13.0. The van der Waals surface area contributed by atoms with Gasteiger partial charge in [-0.05, 0) is 61.7 Å². The van der Waals surface area contributed by atoms with E-state index in [9.17, 15) is 9.90 Å². The first-order valence-corrected chi connectivity index (χ1v) is 12.4. The monoisotopic (exact) mass is 502 g/mol. The lowest BCUT2D eigenvalue weighted by atomic mass is 10.0. The maximum Gasteiger partial charge on any atom is 0.253 e. The van der Waals surface area contributed by atoms with Crippen LogP contribution >= 0.6 is 11.6 Å². The minimum absolute atomic E-state index is 0.173. The highest BCUT2D eigenvalue weighted by molar-refractivity contribution is 6.34. The van der Waals surface area contributed by atoms with Crippen molar-refractivity contribution < 1.29 is 14.3 Å². The van der Waals surface area contributed by atoms with Crippen LogP contribution in [0.4, 0.5) is 0 Å². The number of carbonyl (C=O) groups is 1. The summed E-state index contributed by atoms with van der Waals surface area (Å²) in [7, 11) is 0. The Hall–Kier alpha value is -3.38.